The van der Waals surface area contributed by atoms with Crippen LogP contribution in [0.1, 0.15) is 28.7 Å². The molecule has 4 saturated heterocycles. The molecule has 4 atom stereocenters. The van der Waals surface area contributed by atoms with Crippen molar-refractivity contribution in [1.82, 2.24) is 0 Å². The molecule has 1 aliphatic carbocycles. The quantitative estimate of drug-likeness (QED) is 0.119. The highest BCUT2D eigenvalue weighted by Gasteiger charge is 2.45. The van der Waals surface area contributed by atoms with Gasteiger partial charge in [-0.05, 0) is 75.5 Å². The minimum absolute atomic E-state index is 0.0892. The zero-order valence-corrected chi connectivity index (χ0v) is 27.7. The number of epoxide rings is 4. The molecule has 254 valence electrons. The number of hydrogen-bond acceptors (Lipinski definition) is 8. The van der Waals surface area contributed by atoms with Gasteiger partial charge in [-0.25, -0.2) is 0 Å². The van der Waals surface area contributed by atoms with Gasteiger partial charge < -0.3 is 37.9 Å². The summed E-state index contributed by atoms with van der Waals surface area (Å²) in [6.07, 6.45) is 5.67. The molecule has 10 rings (SSSR count). The predicted molar refractivity (Wildman–Crippen MR) is 189 cm³/mol. The van der Waals surface area contributed by atoms with Gasteiger partial charge in [0.05, 0.1) is 31.8 Å². The van der Waals surface area contributed by atoms with Crippen LogP contribution in [0.2, 0.25) is 0 Å². The molecule has 0 saturated carbocycles. The lowest BCUT2D eigenvalue weighted by Gasteiger charge is -2.41. The molecule has 0 amide bonds. The second-order valence-corrected chi connectivity index (χ2v) is 13.8. The molecule has 4 fully saturated rings. The van der Waals surface area contributed by atoms with Crippen molar-refractivity contribution in [3.63, 3.8) is 0 Å². The van der Waals surface area contributed by atoms with Crippen LogP contribution in [0.5, 0.6) is 23.0 Å². The SMILES string of the molecule is C1=Cc2ccccc2C(c2c(OCC3CO3)ccc3ccc(OCC4CO4)cc23)(c2c(OCC3CO3)ccc3ccc(OCC4CO4)cc23)C1. The monoisotopic (exact) mass is 670 g/mol. The van der Waals surface area contributed by atoms with Crippen LogP contribution < -0.4 is 18.9 Å². The Labute approximate surface area is 290 Å². The maximum Gasteiger partial charge on any atom is 0.124 e. The Hall–Kier alpha value is -4.60. The molecular formula is C42H38O8. The number of rotatable bonds is 14. The van der Waals surface area contributed by atoms with Crippen molar-refractivity contribution < 1.29 is 37.9 Å². The summed E-state index contributed by atoms with van der Waals surface area (Å²) in [5.41, 5.74) is 3.73. The molecule has 4 heterocycles. The van der Waals surface area contributed by atoms with Crippen LogP contribution in [-0.4, -0.2) is 77.3 Å². The van der Waals surface area contributed by atoms with E-state index in [1.165, 1.54) is 5.56 Å². The van der Waals surface area contributed by atoms with E-state index in [0.29, 0.717) is 46.1 Å². The molecule has 5 aromatic rings. The number of ether oxygens (including phenoxy) is 8. The Morgan fingerprint density at radius 2 is 1.00 bits per heavy atom. The first-order valence-electron chi connectivity index (χ1n) is 17.6. The normalized spacial score (nSPS) is 25.6. The third-order valence-electron chi connectivity index (χ3n) is 10.2. The van der Waals surface area contributed by atoms with Gasteiger partial charge in [-0.1, -0.05) is 60.7 Å². The van der Waals surface area contributed by atoms with E-state index in [9.17, 15) is 0 Å². The minimum Gasteiger partial charge on any atom is -0.491 e. The summed E-state index contributed by atoms with van der Waals surface area (Å²) >= 11 is 0. The van der Waals surface area contributed by atoms with Gasteiger partial charge in [-0.3, -0.25) is 0 Å². The Morgan fingerprint density at radius 3 is 1.50 bits per heavy atom. The molecule has 8 nitrogen and oxygen atoms in total. The van der Waals surface area contributed by atoms with E-state index in [1.807, 2.05) is 12.1 Å². The van der Waals surface area contributed by atoms with E-state index in [4.69, 9.17) is 37.9 Å². The van der Waals surface area contributed by atoms with E-state index in [1.54, 1.807) is 0 Å². The van der Waals surface area contributed by atoms with Crippen LogP contribution in [0.4, 0.5) is 0 Å². The molecule has 0 spiro atoms. The molecule has 0 radical (unpaired) electrons. The maximum atomic E-state index is 6.78. The minimum atomic E-state index is -0.736. The molecule has 5 aliphatic rings. The molecule has 4 unspecified atom stereocenters. The predicted octanol–water partition coefficient (Wildman–Crippen LogP) is 6.85. The largest absolute Gasteiger partial charge is 0.491 e. The van der Waals surface area contributed by atoms with Gasteiger partial charge in [-0.15, -0.1) is 0 Å². The van der Waals surface area contributed by atoms with Crippen molar-refractivity contribution in [2.45, 2.75) is 36.3 Å². The third-order valence-corrected chi connectivity index (χ3v) is 10.2. The Bertz CT molecular complexity index is 1980. The number of hydrogen-bond donors (Lipinski definition) is 0. The fourth-order valence-corrected chi connectivity index (χ4v) is 7.36. The van der Waals surface area contributed by atoms with Crippen LogP contribution in [0.15, 0.2) is 91.0 Å². The summed E-state index contributed by atoms with van der Waals surface area (Å²) in [6.45, 7) is 4.88. The summed E-state index contributed by atoms with van der Waals surface area (Å²) in [5.74, 6) is 3.22. The zero-order chi connectivity index (χ0) is 33.1. The van der Waals surface area contributed by atoms with Crippen molar-refractivity contribution in [3.8, 4) is 23.0 Å². The zero-order valence-electron chi connectivity index (χ0n) is 27.7. The van der Waals surface area contributed by atoms with Crippen molar-refractivity contribution >= 4 is 27.6 Å². The third kappa shape index (κ3) is 5.86. The van der Waals surface area contributed by atoms with Gasteiger partial charge in [0.1, 0.15) is 73.8 Å². The van der Waals surface area contributed by atoms with E-state index < -0.39 is 5.41 Å². The lowest BCUT2D eigenvalue weighted by molar-refractivity contribution is 0.255. The van der Waals surface area contributed by atoms with Gasteiger partial charge in [0.15, 0.2) is 0 Å². The van der Waals surface area contributed by atoms with Crippen LogP contribution in [0.25, 0.3) is 27.6 Å². The molecule has 0 bridgehead atoms. The summed E-state index contributed by atoms with van der Waals surface area (Å²) in [7, 11) is 0. The maximum absolute atomic E-state index is 6.78. The van der Waals surface area contributed by atoms with Crippen molar-refractivity contribution in [3.05, 3.63) is 113 Å². The lowest BCUT2D eigenvalue weighted by atomic mass is 9.61. The highest BCUT2D eigenvalue weighted by Crippen LogP contribution is 2.56. The molecular weight excluding hydrogens is 632 g/mol. The van der Waals surface area contributed by atoms with Gasteiger partial charge in [0.2, 0.25) is 0 Å². The van der Waals surface area contributed by atoms with Crippen LogP contribution in [0.3, 0.4) is 0 Å². The highest BCUT2D eigenvalue weighted by molar-refractivity contribution is 5.97. The second kappa shape index (κ2) is 12.3. The average Bonchev–Trinajstić information content (AvgIpc) is 3.97. The van der Waals surface area contributed by atoms with Crippen LogP contribution >= 0.6 is 0 Å². The molecule has 50 heavy (non-hydrogen) atoms. The van der Waals surface area contributed by atoms with E-state index in [2.05, 4.69) is 84.9 Å². The van der Waals surface area contributed by atoms with Crippen LogP contribution in [0, 0.1) is 0 Å². The Kier molecular flexibility index (Phi) is 7.45. The van der Waals surface area contributed by atoms with E-state index >= 15 is 0 Å². The standard InChI is InChI=1S/C42H38O8/c1-2-6-37-28(4-1)5-3-15-42(37,40-35-16-29(43-18-31-20-45-31)11-7-26(35)9-13-38(40)49-24-33-22-47-33)41-36-17-30(44-19-32-21-46-32)12-8-27(36)10-14-39(41)50-25-34-23-48-34/h1-14,16-17,31-34H,15,18-25H2. The first kappa shape index (κ1) is 30.2. The van der Waals surface area contributed by atoms with Gasteiger partial charge in [0.25, 0.3) is 0 Å². The molecule has 5 aromatic carbocycles. The van der Waals surface area contributed by atoms with E-state index in [0.717, 1.165) is 74.4 Å². The fourth-order valence-electron chi connectivity index (χ4n) is 7.36. The van der Waals surface area contributed by atoms with Crippen molar-refractivity contribution in [2.75, 3.05) is 52.9 Å². The molecule has 4 aliphatic heterocycles. The topological polar surface area (TPSA) is 87.0 Å². The first-order valence-corrected chi connectivity index (χ1v) is 17.6. The van der Waals surface area contributed by atoms with E-state index in [-0.39, 0.29) is 24.4 Å². The highest BCUT2D eigenvalue weighted by atomic mass is 16.6. The summed E-state index contributed by atoms with van der Waals surface area (Å²) < 4.78 is 48.3. The smallest absolute Gasteiger partial charge is 0.124 e. The van der Waals surface area contributed by atoms with Crippen LogP contribution in [-0.2, 0) is 24.4 Å². The fraction of sp³-hybridized carbons (Fsp3) is 0.333. The molecule has 0 N–H and O–H groups in total. The van der Waals surface area contributed by atoms with Crippen molar-refractivity contribution in [1.29, 1.82) is 0 Å². The van der Waals surface area contributed by atoms with Gasteiger partial charge in [-0.2, -0.15) is 0 Å². The Morgan fingerprint density at radius 1 is 0.540 bits per heavy atom. The molecule has 0 aromatic heterocycles. The summed E-state index contributed by atoms with van der Waals surface area (Å²) in [5, 5.41) is 4.31. The first-order chi connectivity index (χ1) is 24.7. The van der Waals surface area contributed by atoms with Crippen molar-refractivity contribution in [2.24, 2.45) is 0 Å². The summed E-state index contributed by atoms with van der Waals surface area (Å²) in [6, 6.07) is 29.9. The Balaban J connectivity index is 1.26. The van der Waals surface area contributed by atoms with Gasteiger partial charge in [0, 0.05) is 11.1 Å². The lowest BCUT2D eigenvalue weighted by Crippen LogP contribution is -2.33. The summed E-state index contributed by atoms with van der Waals surface area (Å²) in [4.78, 5) is 0. The van der Waals surface area contributed by atoms with Gasteiger partial charge >= 0.3 is 0 Å². The average molecular weight is 671 g/mol. The second-order valence-electron chi connectivity index (χ2n) is 13.8. The molecule has 8 heteroatoms. The number of fused-ring (bicyclic) bond motifs is 3. The number of allylic oxidation sites excluding steroid dienone is 1. The number of benzene rings is 5.